The topological polar surface area (TPSA) is 17.1 Å². The minimum atomic E-state index is 0.225. The van der Waals surface area contributed by atoms with Crippen molar-refractivity contribution in [3.05, 3.63) is 0 Å². The first-order chi connectivity index (χ1) is 7.31. The number of carbonyl (C=O) groups is 1. The van der Waals surface area contributed by atoms with E-state index in [1.165, 1.54) is 44.9 Å². The van der Waals surface area contributed by atoms with Gasteiger partial charge >= 0.3 is 0 Å². The molecule has 0 heterocycles. The molecule has 0 saturated carbocycles. The van der Waals surface area contributed by atoms with E-state index in [-0.39, 0.29) is 5.78 Å². The predicted molar refractivity (Wildman–Crippen MR) is 65.7 cm³/mol. The van der Waals surface area contributed by atoms with Crippen LogP contribution in [0, 0.1) is 12.3 Å². The molecule has 0 N–H and O–H groups in total. The Morgan fingerprint density at radius 1 is 1.00 bits per heavy atom. The van der Waals surface area contributed by atoms with E-state index in [0.29, 0.717) is 12.8 Å². The Hall–Kier alpha value is -0.770. The summed E-state index contributed by atoms with van der Waals surface area (Å²) >= 11 is 0. The lowest BCUT2D eigenvalue weighted by Crippen LogP contribution is -1.95. The van der Waals surface area contributed by atoms with Gasteiger partial charge in [0.15, 0.2) is 0 Å². The summed E-state index contributed by atoms with van der Waals surface area (Å²) in [6.07, 6.45) is 16.2. The highest BCUT2D eigenvalue weighted by Crippen LogP contribution is 2.09. The zero-order valence-electron chi connectivity index (χ0n) is 10.1. The summed E-state index contributed by atoms with van der Waals surface area (Å²) in [4.78, 5) is 11.1. The summed E-state index contributed by atoms with van der Waals surface area (Å²) in [6, 6.07) is 0. The van der Waals surface area contributed by atoms with Gasteiger partial charge in [-0.2, -0.15) is 0 Å². The molecule has 0 bridgehead atoms. The molecule has 86 valence electrons. The highest BCUT2D eigenvalue weighted by Gasteiger charge is 1.98. The van der Waals surface area contributed by atoms with Gasteiger partial charge in [0.05, 0.1) is 6.42 Å². The standard InChI is InChI=1S/C14H24O/c1-3-5-6-7-8-9-10-11-13-14(15)12-4-2/h2H,3,5-13H2,1H3. The number of hydrogen-bond donors (Lipinski definition) is 0. The van der Waals surface area contributed by atoms with Gasteiger partial charge < -0.3 is 0 Å². The molecule has 0 aromatic rings. The van der Waals surface area contributed by atoms with Crippen molar-refractivity contribution in [2.75, 3.05) is 0 Å². The Kier molecular flexibility index (Phi) is 10.7. The summed E-state index contributed by atoms with van der Waals surface area (Å²) in [6.45, 7) is 2.23. The van der Waals surface area contributed by atoms with Gasteiger partial charge in [-0.15, -0.1) is 6.42 Å². The Bertz CT molecular complexity index is 188. The van der Waals surface area contributed by atoms with Gasteiger partial charge in [-0.25, -0.2) is 0 Å². The molecule has 0 atom stereocenters. The molecular weight excluding hydrogens is 184 g/mol. The Balaban J connectivity index is 3.05. The van der Waals surface area contributed by atoms with Gasteiger partial charge in [-0.3, -0.25) is 4.79 Å². The van der Waals surface area contributed by atoms with Gasteiger partial charge in [-0.1, -0.05) is 57.8 Å². The predicted octanol–water partition coefficient (Wildman–Crippen LogP) is 4.11. The van der Waals surface area contributed by atoms with E-state index in [1.54, 1.807) is 0 Å². The average molecular weight is 208 g/mol. The number of hydrogen-bond acceptors (Lipinski definition) is 1. The lowest BCUT2D eigenvalue weighted by atomic mass is 10.1. The summed E-state index contributed by atoms with van der Waals surface area (Å²) in [7, 11) is 0. The SMILES string of the molecule is C#CCC(=O)CCCCCCCCCC. The van der Waals surface area contributed by atoms with Crippen LogP contribution in [0.1, 0.15) is 71.1 Å². The van der Waals surface area contributed by atoms with Crippen LogP contribution >= 0.6 is 0 Å². The van der Waals surface area contributed by atoms with E-state index < -0.39 is 0 Å². The third kappa shape index (κ3) is 11.2. The normalized spacial score (nSPS) is 9.87. The second-order valence-corrected chi connectivity index (χ2v) is 4.14. The Labute approximate surface area is 94.6 Å². The number of Topliss-reactive ketones (excluding diaryl/α,β-unsaturated/α-hetero) is 1. The van der Waals surface area contributed by atoms with Crippen molar-refractivity contribution in [2.24, 2.45) is 0 Å². The minimum absolute atomic E-state index is 0.225. The smallest absolute Gasteiger partial charge is 0.144 e. The van der Waals surface area contributed by atoms with Crippen molar-refractivity contribution < 1.29 is 4.79 Å². The van der Waals surface area contributed by atoms with Gasteiger partial charge in [0.25, 0.3) is 0 Å². The third-order valence-corrected chi connectivity index (χ3v) is 2.61. The molecule has 0 unspecified atom stereocenters. The molecule has 0 rings (SSSR count). The monoisotopic (exact) mass is 208 g/mol. The summed E-state index contributed by atoms with van der Waals surface area (Å²) in [5.74, 6) is 2.62. The summed E-state index contributed by atoms with van der Waals surface area (Å²) < 4.78 is 0. The third-order valence-electron chi connectivity index (χ3n) is 2.61. The summed E-state index contributed by atoms with van der Waals surface area (Å²) in [5.41, 5.74) is 0. The van der Waals surface area contributed by atoms with Crippen molar-refractivity contribution in [1.29, 1.82) is 0 Å². The van der Waals surface area contributed by atoms with Crippen LogP contribution in [-0.4, -0.2) is 5.78 Å². The van der Waals surface area contributed by atoms with Crippen LogP contribution in [0.15, 0.2) is 0 Å². The maximum absolute atomic E-state index is 11.1. The Morgan fingerprint density at radius 3 is 2.07 bits per heavy atom. The fourth-order valence-electron chi connectivity index (χ4n) is 1.66. The number of unbranched alkanes of at least 4 members (excludes halogenated alkanes) is 7. The first kappa shape index (κ1) is 14.2. The van der Waals surface area contributed by atoms with E-state index in [9.17, 15) is 4.79 Å². The molecule has 0 amide bonds. The zero-order chi connectivity index (χ0) is 11.4. The number of carbonyl (C=O) groups excluding carboxylic acids is 1. The van der Waals surface area contributed by atoms with Gasteiger partial charge in [-0.05, 0) is 6.42 Å². The molecule has 0 aliphatic carbocycles. The fourth-order valence-corrected chi connectivity index (χ4v) is 1.66. The van der Waals surface area contributed by atoms with Crippen LogP contribution in [0.2, 0.25) is 0 Å². The van der Waals surface area contributed by atoms with E-state index in [2.05, 4.69) is 12.8 Å². The molecule has 0 aliphatic rings. The Morgan fingerprint density at radius 2 is 1.53 bits per heavy atom. The molecular formula is C14H24O. The van der Waals surface area contributed by atoms with Crippen LogP contribution in [0.25, 0.3) is 0 Å². The van der Waals surface area contributed by atoms with E-state index >= 15 is 0 Å². The molecule has 0 saturated heterocycles. The highest BCUT2D eigenvalue weighted by atomic mass is 16.1. The first-order valence-electron chi connectivity index (χ1n) is 6.26. The van der Waals surface area contributed by atoms with Crippen LogP contribution in [0.4, 0.5) is 0 Å². The molecule has 1 heteroatoms. The van der Waals surface area contributed by atoms with E-state index in [4.69, 9.17) is 6.42 Å². The van der Waals surface area contributed by atoms with Crippen LogP contribution in [0.5, 0.6) is 0 Å². The fraction of sp³-hybridized carbons (Fsp3) is 0.786. The minimum Gasteiger partial charge on any atom is -0.299 e. The van der Waals surface area contributed by atoms with Gasteiger partial charge in [0, 0.05) is 6.42 Å². The largest absolute Gasteiger partial charge is 0.299 e. The molecule has 0 aromatic carbocycles. The first-order valence-corrected chi connectivity index (χ1v) is 6.26. The molecule has 0 aliphatic heterocycles. The molecule has 0 fully saturated rings. The highest BCUT2D eigenvalue weighted by molar-refractivity contribution is 5.80. The van der Waals surface area contributed by atoms with Gasteiger partial charge in [0.1, 0.15) is 5.78 Å². The zero-order valence-corrected chi connectivity index (χ0v) is 10.1. The molecule has 15 heavy (non-hydrogen) atoms. The number of rotatable bonds is 10. The maximum atomic E-state index is 11.1. The van der Waals surface area contributed by atoms with Gasteiger partial charge in [0.2, 0.25) is 0 Å². The quantitative estimate of drug-likeness (QED) is 0.390. The molecule has 0 aromatic heterocycles. The number of terminal acetylenes is 1. The molecule has 0 spiro atoms. The van der Waals surface area contributed by atoms with Crippen molar-refractivity contribution in [2.45, 2.75) is 71.1 Å². The average Bonchev–Trinajstić information content (AvgIpc) is 2.22. The summed E-state index contributed by atoms with van der Waals surface area (Å²) in [5, 5.41) is 0. The van der Waals surface area contributed by atoms with Crippen molar-refractivity contribution in [1.82, 2.24) is 0 Å². The number of ketones is 1. The van der Waals surface area contributed by atoms with Crippen molar-refractivity contribution in [3.8, 4) is 12.3 Å². The molecule has 1 nitrogen and oxygen atoms in total. The second kappa shape index (κ2) is 11.3. The van der Waals surface area contributed by atoms with E-state index in [0.717, 1.165) is 6.42 Å². The van der Waals surface area contributed by atoms with Crippen molar-refractivity contribution in [3.63, 3.8) is 0 Å². The lowest BCUT2D eigenvalue weighted by Gasteiger charge is -2.00. The molecule has 0 radical (unpaired) electrons. The second-order valence-electron chi connectivity index (χ2n) is 4.14. The van der Waals surface area contributed by atoms with Crippen LogP contribution < -0.4 is 0 Å². The van der Waals surface area contributed by atoms with Crippen molar-refractivity contribution >= 4 is 5.78 Å². The van der Waals surface area contributed by atoms with Crippen LogP contribution in [-0.2, 0) is 4.79 Å². The van der Waals surface area contributed by atoms with Crippen LogP contribution in [0.3, 0.4) is 0 Å². The maximum Gasteiger partial charge on any atom is 0.144 e. The van der Waals surface area contributed by atoms with E-state index in [1.807, 2.05) is 0 Å². The lowest BCUT2D eigenvalue weighted by molar-refractivity contribution is -0.118.